The van der Waals surface area contributed by atoms with Crippen molar-refractivity contribution in [2.45, 2.75) is 102 Å². The van der Waals surface area contributed by atoms with Crippen molar-refractivity contribution in [2.75, 3.05) is 19.7 Å². The van der Waals surface area contributed by atoms with Crippen LogP contribution < -0.4 is 0 Å². The molecular formula is C28H43NO5. The average molecular weight is 474 g/mol. The van der Waals surface area contributed by atoms with Crippen LogP contribution in [0.15, 0.2) is 11.6 Å². The Bertz CT molecular complexity index is 875. The molecule has 34 heavy (non-hydrogen) atoms. The molecule has 4 aliphatic carbocycles. The van der Waals surface area contributed by atoms with Crippen LogP contribution in [0.5, 0.6) is 0 Å². The molecule has 4 saturated carbocycles. The lowest BCUT2D eigenvalue weighted by Crippen LogP contribution is -2.67. The van der Waals surface area contributed by atoms with E-state index in [0.717, 1.165) is 70.0 Å². The van der Waals surface area contributed by atoms with Gasteiger partial charge < -0.3 is 20.1 Å². The first-order valence-corrected chi connectivity index (χ1v) is 13.9. The number of hydrogen-bond donors (Lipinski definition) is 3. The second-order valence-electron chi connectivity index (χ2n) is 13.1. The number of aliphatic hydroxyl groups is 3. The van der Waals surface area contributed by atoms with Crippen molar-refractivity contribution in [3.05, 3.63) is 11.6 Å². The normalized spacial score (nSPS) is 53.5. The number of aliphatic hydroxyl groups excluding tert-OH is 2. The first kappa shape index (κ1) is 23.4. The fourth-order valence-electron chi connectivity index (χ4n) is 10.0. The number of esters is 1. The lowest BCUT2D eigenvalue weighted by molar-refractivity contribution is -0.244. The van der Waals surface area contributed by atoms with Gasteiger partial charge in [-0.05, 0) is 105 Å². The van der Waals surface area contributed by atoms with Gasteiger partial charge in [-0.15, -0.1) is 0 Å². The summed E-state index contributed by atoms with van der Waals surface area (Å²) in [4.78, 5) is 14.3. The van der Waals surface area contributed by atoms with Crippen molar-refractivity contribution in [1.29, 1.82) is 0 Å². The van der Waals surface area contributed by atoms with E-state index in [1.807, 2.05) is 0 Å². The van der Waals surface area contributed by atoms with E-state index in [4.69, 9.17) is 4.74 Å². The molecule has 6 rings (SSSR count). The SMILES string of the molecule is C[C@]12CC[C@H](N3CCC[C@H](O)C3)C[C@H]1CC[C@@H]1[C@@H]2C[C@@H](O)[C@]2(C)[C@@H](C3=CC(=O)OC3)CC[C@]12O. The van der Waals surface area contributed by atoms with Crippen molar-refractivity contribution in [3.8, 4) is 0 Å². The molecule has 0 aromatic rings. The molecule has 10 atom stereocenters. The average Bonchev–Trinajstić information content (AvgIpc) is 3.35. The summed E-state index contributed by atoms with van der Waals surface area (Å²) in [5.74, 6) is 0.878. The Balaban J connectivity index is 1.25. The quantitative estimate of drug-likeness (QED) is 0.534. The Labute approximate surface area is 203 Å². The van der Waals surface area contributed by atoms with Crippen LogP contribution in [-0.4, -0.2) is 69.7 Å². The van der Waals surface area contributed by atoms with Gasteiger partial charge in [-0.1, -0.05) is 13.8 Å². The maximum absolute atomic E-state index is 12.4. The van der Waals surface area contributed by atoms with Crippen LogP contribution in [0.3, 0.4) is 0 Å². The Kier molecular flexibility index (Phi) is 5.53. The number of β-amino-alcohol motifs (C(OH)–C–C–N with tert-alkyl or cyclic N) is 1. The van der Waals surface area contributed by atoms with Gasteiger partial charge in [-0.2, -0.15) is 0 Å². The molecule has 6 nitrogen and oxygen atoms in total. The predicted molar refractivity (Wildman–Crippen MR) is 128 cm³/mol. The van der Waals surface area contributed by atoms with Crippen LogP contribution >= 0.6 is 0 Å². The fourth-order valence-corrected chi connectivity index (χ4v) is 10.0. The van der Waals surface area contributed by atoms with Crippen LogP contribution in [0.4, 0.5) is 0 Å². The molecule has 0 amide bonds. The highest BCUT2D eigenvalue weighted by molar-refractivity contribution is 5.85. The molecule has 6 heteroatoms. The number of ether oxygens (including phenoxy) is 1. The maximum atomic E-state index is 12.4. The first-order valence-electron chi connectivity index (χ1n) is 13.9. The van der Waals surface area contributed by atoms with Gasteiger partial charge in [0, 0.05) is 24.1 Å². The summed E-state index contributed by atoms with van der Waals surface area (Å²) in [6.45, 7) is 6.77. The molecule has 2 aliphatic heterocycles. The minimum atomic E-state index is -0.895. The van der Waals surface area contributed by atoms with E-state index in [-0.39, 0.29) is 29.3 Å². The summed E-state index contributed by atoms with van der Waals surface area (Å²) >= 11 is 0. The van der Waals surface area contributed by atoms with E-state index in [1.54, 1.807) is 6.08 Å². The molecule has 3 N–H and O–H groups in total. The molecule has 6 aliphatic rings. The Morgan fingerprint density at radius 3 is 2.59 bits per heavy atom. The van der Waals surface area contributed by atoms with Crippen LogP contribution in [0.2, 0.25) is 0 Å². The third-order valence-corrected chi connectivity index (χ3v) is 12.0. The van der Waals surface area contributed by atoms with Gasteiger partial charge in [0.1, 0.15) is 6.61 Å². The van der Waals surface area contributed by atoms with Crippen LogP contribution in [0.1, 0.15) is 78.1 Å². The Hall–Kier alpha value is -0.950. The van der Waals surface area contributed by atoms with E-state index >= 15 is 0 Å². The summed E-state index contributed by atoms with van der Waals surface area (Å²) < 4.78 is 5.22. The number of likely N-dealkylation sites (tertiary alicyclic amines) is 1. The molecule has 0 aromatic carbocycles. The number of hydrogen-bond acceptors (Lipinski definition) is 6. The Morgan fingerprint density at radius 2 is 1.85 bits per heavy atom. The molecule has 2 heterocycles. The van der Waals surface area contributed by atoms with Crippen molar-refractivity contribution in [1.82, 2.24) is 4.90 Å². The lowest BCUT2D eigenvalue weighted by atomic mass is 9.42. The zero-order chi connectivity index (χ0) is 23.9. The van der Waals surface area contributed by atoms with Gasteiger partial charge >= 0.3 is 5.97 Å². The molecule has 190 valence electrons. The monoisotopic (exact) mass is 473 g/mol. The molecule has 0 unspecified atom stereocenters. The predicted octanol–water partition coefficient (Wildman–Crippen LogP) is 3.04. The van der Waals surface area contributed by atoms with Crippen molar-refractivity contribution in [2.24, 2.45) is 34.5 Å². The molecule has 0 bridgehead atoms. The fraction of sp³-hybridized carbons (Fsp3) is 0.893. The number of carbonyl (C=O) groups is 1. The lowest BCUT2D eigenvalue weighted by Gasteiger charge is -2.65. The molecule has 0 radical (unpaired) electrons. The highest BCUT2D eigenvalue weighted by atomic mass is 16.5. The number of cyclic esters (lactones) is 1. The van der Waals surface area contributed by atoms with Gasteiger partial charge in [0.15, 0.2) is 0 Å². The highest BCUT2D eigenvalue weighted by Crippen LogP contribution is 2.70. The smallest absolute Gasteiger partial charge is 0.331 e. The molecule has 5 fully saturated rings. The minimum Gasteiger partial charge on any atom is -0.458 e. The number of rotatable bonds is 2. The number of fused-ring (bicyclic) bond motifs is 5. The summed E-state index contributed by atoms with van der Waals surface area (Å²) in [7, 11) is 0. The third-order valence-electron chi connectivity index (χ3n) is 12.0. The van der Waals surface area contributed by atoms with E-state index in [9.17, 15) is 20.1 Å². The minimum absolute atomic E-state index is 0.00620. The summed E-state index contributed by atoms with van der Waals surface area (Å²) in [6, 6.07) is 0.564. The number of carbonyl (C=O) groups excluding carboxylic acids is 1. The van der Waals surface area contributed by atoms with Gasteiger partial charge in [0.2, 0.25) is 0 Å². The Morgan fingerprint density at radius 1 is 1.03 bits per heavy atom. The standard InChI is InChI=1S/C28H43NO5/c1-26-9-7-19(29-11-3-4-20(30)15-29)13-18(26)5-6-22-23(26)14-24(31)27(2)21(8-10-28(22,27)33)17-12-25(32)34-16-17/h12,18-24,30-31,33H,3-11,13-16H2,1-2H3/t18-,19+,20+,21-,22-,23+,24-,26+,27+,28+/m1/s1. The summed E-state index contributed by atoms with van der Waals surface area (Å²) in [5, 5.41) is 34.3. The molecular weight excluding hydrogens is 430 g/mol. The van der Waals surface area contributed by atoms with Crippen molar-refractivity contribution >= 4 is 5.97 Å². The molecule has 0 spiro atoms. The van der Waals surface area contributed by atoms with Crippen LogP contribution in [0.25, 0.3) is 0 Å². The highest BCUT2D eigenvalue weighted by Gasteiger charge is 2.70. The van der Waals surface area contributed by atoms with Gasteiger partial charge in [-0.25, -0.2) is 4.79 Å². The van der Waals surface area contributed by atoms with Gasteiger partial charge in [-0.3, -0.25) is 4.90 Å². The second kappa shape index (κ2) is 8.03. The van der Waals surface area contributed by atoms with Crippen LogP contribution in [0, 0.1) is 34.5 Å². The maximum Gasteiger partial charge on any atom is 0.331 e. The zero-order valence-electron chi connectivity index (χ0n) is 20.9. The second-order valence-corrected chi connectivity index (χ2v) is 13.1. The summed E-state index contributed by atoms with van der Waals surface area (Å²) in [5.41, 5.74) is -0.410. The van der Waals surface area contributed by atoms with E-state index in [1.165, 1.54) is 6.42 Å². The van der Waals surface area contributed by atoms with Crippen molar-refractivity contribution < 1.29 is 24.9 Å². The molecule has 0 aromatic heterocycles. The van der Waals surface area contributed by atoms with E-state index in [2.05, 4.69) is 18.7 Å². The summed E-state index contributed by atoms with van der Waals surface area (Å²) in [6.07, 6.45) is 10.8. The third kappa shape index (κ3) is 3.17. The van der Waals surface area contributed by atoms with E-state index < -0.39 is 17.1 Å². The first-order chi connectivity index (χ1) is 16.2. The van der Waals surface area contributed by atoms with Crippen molar-refractivity contribution in [3.63, 3.8) is 0 Å². The van der Waals surface area contributed by atoms with Crippen LogP contribution in [-0.2, 0) is 9.53 Å². The van der Waals surface area contributed by atoms with E-state index in [0.29, 0.717) is 30.9 Å². The topological polar surface area (TPSA) is 90.2 Å². The van der Waals surface area contributed by atoms with Gasteiger partial charge in [0.05, 0.1) is 17.8 Å². The van der Waals surface area contributed by atoms with Gasteiger partial charge in [0.25, 0.3) is 0 Å². The molecule has 1 saturated heterocycles. The largest absolute Gasteiger partial charge is 0.458 e. The number of piperidine rings is 1. The number of nitrogens with zero attached hydrogens (tertiary/aromatic N) is 1. The zero-order valence-corrected chi connectivity index (χ0v) is 20.9.